The van der Waals surface area contributed by atoms with Gasteiger partial charge in [0.15, 0.2) is 11.3 Å². The lowest BCUT2D eigenvalue weighted by Crippen LogP contribution is -2.23. The second-order valence-corrected chi connectivity index (χ2v) is 10.3. The van der Waals surface area contributed by atoms with Crippen LogP contribution >= 0.6 is 23.4 Å². The minimum Gasteiger partial charge on any atom is -0.505 e. The maximum absolute atomic E-state index is 13.7. The van der Waals surface area contributed by atoms with Crippen LogP contribution in [0.15, 0.2) is 90.5 Å². The Morgan fingerprint density at radius 2 is 1.72 bits per heavy atom. The first-order valence-corrected chi connectivity index (χ1v) is 12.5. The Morgan fingerprint density at radius 1 is 1.03 bits per heavy atom. The Hall–Kier alpha value is -3.55. The van der Waals surface area contributed by atoms with Crippen molar-refractivity contribution in [3.63, 3.8) is 0 Å². The fraction of sp³-hybridized carbons (Fsp3) is 0.143. The van der Waals surface area contributed by atoms with E-state index in [0.29, 0.717) is 27.4 Å². The Balaban J connectivity index is 1.72. The van der Waals surface area contributed by atoms with Crippen molar-refractivity contribution in [1.82, 2.24) is 4.57 Å². The molecule has 0 aliphatic heterocycles. The topological polar surface area (TPSA) is 72.4 Å². The molecular formula is C28H21ClFNO4S. The molecule has 5 aromatic rings. The van der Waals surface area contributed by atoms with Crippen LogP contribution in [0.2, 0.25) is 5.02 Å². The van der Waals surface area contributed by atoms with Gasteiger partial charge in [0.1, 0.15) is 16.1 Å². The monoisotopic (exact) mass is 521 g/mol. The molecule has 5 rings (SSSR count). The molecule has 36 heavy (non-hydrogen) atoms. The van der Waals surface area contributed by atoms with E-state index >= 15 is 0 Å². The van der Waals surface area contributed by atoms with Crippen LogP contribution in [-0.2, 0) is 6.54 Å². The Kier molecular flexibility index (Phi) is 6.36. The molecule has 182 valence electrons. The molecule has 0 aliphatic rings. The van der Waals surface area contributed by atoms with Crippen LogP contribution in [0.4, 0.5) is 4.39 Å². The third-order valence-corrected chi connectivity index (χ3v) is 7.34. The minimum atomic E-state index is -0.745. The highest BCUT2D eigenvalue weighted by molar-refractivity contribution is 7.99. The number of halogens is 2. The zero-order valence-electron chi connectivity index (χ0n) is 19.4. The number of hydrogen-bond acceptors (Lipinski definition) is 5. The lowest BCUT2D eigenvalue weighted by Gasteiger charge is -2.14. The fourth-order valence-corrected chi connectivity index (χ4v) is 5.12. The van der Waals surface area contributed by atoms with E-state index in [0.717, 1.165) is 22.2 Å². The molecule has 0 unspecified atom stereocenters. The molecule has 0 radical (unpaired) electrons. The molecule has 2 heterocycles. The maximum atomic E-state index is 13.7. The van der Waals surface area contributed by atoms with E-state index in [9.17, 15) is 19.1 Å². The van der Waals surface area contributed by atoms with Gasteiger partial charge in [-0.05, 0) is 59.5 Å². The second-order valence-electron chi connectivity index (χ2n) is 8.78. The van der Waals surface area contributed by atoms with Crippen molar-refractivity contribution in [2.45, 2.75) is 36.1 Å². The summed E-state index contributed by atoms with van der Waals surface area (Å²) in [5, 5.41) is 11.9. The van der Waals surface area contributed by atoms with Crippen LogP contribution in [0.3, 0.4) is 0 Å². The van der Waals surface area contributed by atoms with Gasteiger partial charge >= 0.3 is 5.63 Å². The van der Waals surface area contributed by atoms with Crippen molar-refractivity contribution in [3.8, 4) is 5.75 Å². The lowest BCUT2D eigenvalue weighted by molar-refractivity contribution is 0.446. The number of nitrogens with zero attached hydrogens (tertiary/aromatic N) is 1. The zero-order valence-corrected chi connectivity index (χ0v) is 21.0. The molecular weight excluding hydrogens is 501 g/mol. The summed E-state index contributed by atoms with van der Waals surface area (Å²) in [6, 6.07) is 18.3. The summed E-state index contributed by atoms with van der Waals surface area (Å²) in [4.78, 5) is 27.3. The van der Waals surface area contributed by atoms with E-state index in [1.54, 1.807) is 30.3 Å². The van der Waals surface area contributed by atoms with Gasteiger partial charge in [-0.2, -0.15) is 0 Å². The highest BCUT2D eigenvalue weighted by Crippen LogP contribution is 2.38. The number of fused-ring (bicyclic) bond motifs is 3. The normalized spacial score (nSPS) is 11.6. The molecule has 0 spiro atoms. The summed E-state index contributed by atoms with van der Waals surface area (Å²) < 4.78 is 20.5. The molecule has 0 bridgehead atoms. The average Bonchev–Trinajstić information content (AvgIpc) is 2.85. The molecule has 0 fully saturated rings. The molecule has 2 aromatic heterocycles. The Morgan fingerprint density at radius 3 is 2.39 bits per heavy atom. The predicted octanol–water partition coefficient (Wildman–Crippen LogP) is 6.93. The quantitative estimate of drug-likeness (QED) is 0.254. The summed E-state index contributed by atoms with van der Waals surface area (Å²) in [7, 11) is 0. The Labute approximate surface area is 214 Å². The van der Waals surface area contributed by atoms with Crippen LogP contribution in [0.25, 0.3) is 21.9 Å². The summed E-state index contributed by atoms with van der Waals surface area (Å²) in [5.74, 6) is -0.474. The zero-order chi connectivity index (χ0) is 25.6. The smallest absolute Gasteiger partial charge is 0.354 e. The van der Waals surface area contributed by atoms with Gasteiger partial charge in [-0.25, -0.2) is 9.18 Å². The van der Waals surface area contributed by atoms with Gasteiger partial charge in [-0.15, -0.1) is 0 Å². The van der Waals surface area contributed by atoms with Gasteiger partial charge in [-0.3, -0.25) is 4.79 Å². The molecule has 0 saturated heterocycles. The maximum Gasteiger partial charge on any atom is 0.354 e. The number of hydrogen-bond donors (Lipinski definition) is 1. The van der Waals surface area contributed by atoms with Crippen LogP contribution in [-0.4, -0.2) is 9.67 Å². The van der Waals surface area contributed by atoms with E-state index in [4.69, 9.17) is 16.0 Å². The van der Waals surface area contributed by atoms with Crippen molar-refractivity contribution in [2.24, 2.45) is 0 Å². The Bertz CT molecular complexity index is 1730. The average molecular weight is 522 g/mol. The summed E-state index contributed by atoms with van der Waals surface area (Å²) in [5.41, 5.74) is 0.937. The third kappa shape index (κ3) is 4.40. The van der Waals surface area contributed by atoms with Gasteiger partial charge < -0.3 is 14.1 Å². The van der Waals surface area contributed by atoms with E-state index < -0.39 is 16.9 Å². The van der Waals surface area contributed by atoms with Crippen molar-refractivity contribution in [3.05, 3.63) is 109 Å². The van der Waals surface area contributed by atoms with Crippen molar-refractivity contribution in [1.29, 1.82) is 0 Å². The SMILES string of the molecule is CC(C)c1ccc(Sc2c(O)c3c(=O)n(Cc4ccc(F)cc4)c4cc(Cl)ccc4c3oc2=O)cc1. The highest BCUT2D eigenvalue weighted by Gasteiger charge is 2.22. The van der Waals surface area contributed by atoms with E-state index in [1.807, 2.05) is 24.3 Å². The molecule has 0 atom stereocenters. The van der Waals surface area contributed by atoms with Crippen LogP contribution in [0.5, 0.6) is 5.75 Å². The molecule has 0 aliphatic carbocycles. The van der Waals surface area contributed by atoms with Crippen LogP contribution in [0.1, 0.15) is 30.9 Å². The highest BCUT2D eigenvalue weighted by atomic mass is 35.5. The van der Waals surface area contributed by atoms with E-state index in [-0.39, 0.29) is 28.2 Å². The van der Waals surface area contributed by atoms with Crippen molar-refractivity contribution < 1.29 is 13.9 Å². The number of aromatic nitrogens is 1. The number of benzene rings is 3. The standard InChI is InChI=1S/C28H21ClFNO4S/c1-15(2)17-5-10-20(11-6-17)36-26-24(32)23-25(35-28(26)34)21-12-7-18(29)13-22(21)31(27(23)33)14-16-3-8-19(30)9-4-16/h3-13,15,32H,14H2,1-2H3. The van der Waals surface area contributed by atoms with Gasteiger partial charge in [0.2, 0.25) is 0 Å². The first kappa shape index (κ1) is 24.2. The van der Waals surface area contributed by atoms with Gasteiger partial charge in [0.25, 0.3) is 5.56 Å². The molecule has 0 saturated carbocycles. The molecule has 8 heteroatoms. The number of pyridine rings is 1. The second kappa shape index (κ2) is 9.48. The molecule has 0 amide bonds. The minimum absolute atomic E-state index is 0.0102. The first-order valence-electron chi connectivity index (χ1n) is 11.3. The van der Waals surface area contributed by atoms with E-state index in [1.165, 1.54) is 16.7 Å². The van der Waals surface area contributed by atoms with Gasteiger partial charge in [0.05, 0.1) is 12.1 Å². The molecule has 1 N–H and O–H groups in total. The number of aromatic hydroxyl groups is 1. The third-order valence-electron chi connectivity index (χ3n) is 6.03. The van der Waals surface area contributed by atoms with E-state index in [2.05, 4.69) is 13.8 Å². The van der Waals surface area contributed by atoms with Gasteiger partial charge in [0, 0.05) is 15.3 Å². The van der Waals surface area contributed by atoms with Crippen LogP contribution < -0.4 is 11.2 Å². The molecule has 5 nitrogen and oxygen atoms in total. The summed E-state index contributed by atoms with van der Waals surface area (Å²) in [6.07, 6.45) is 0. The van der Waals surface area contributed by atoms with Gasteiger partial charge in [-0.1, -0.05) is 61.5 Å². The van der Waals surface area contributed by atoms with Crippen molar-refractivity contribution >= 4 is 45.2 Å². The number of rotatable bonds is 5. The largest absolute Gasteiger partial charge is 0.505 e. The predicted molar refractivity (Wildman–Crippen MR) is 141 cm³/mol. The first-order chi connectivity index (χ1) is 17.2. The van der Waals surface area contributed by atoms with Crippen LogP contribution in [0, 0.1) is 5.82 Å². The summed E-state index contributed by atoms with van der Waals surface area (Å²) >= 11 is 7.25. The van der Waals surface area contributed by atoms with Crippen molar-refractivity contribution in [2.75, 3.05) is 0 Å². The lowest BCUT2D eigenvalue weighted by atomic mass is 10.0. The fourth-order valence-electron chi connectivity index (χ4n) is 4.12. The summed E-state index contributed by atoms with van der Waals surface area (Å²) in [6.45, 7) is 4.27. The molecule has 3 aromatic carbocycles.